The summed E-state index contributed by atoms with van der Waals surface area (Å²) in [7, 11) is -2.78. The molecule has 3 fully saturated rings. The Hall–Kier alpha value is -2.31. The van der Waals surface area contributed by atoms with E-state index in [9.17, 15) is 17.4 Å². The van der Waals surface area contributed by atoms with Crippen LogP contribution in [-0.2, 0) is 42.6 Å². The quantitative estimate of drug-likeness (QED) is 0.467. The molecule has 11 heteroatoms. The molecule has 2 bridgehead atoms. The highest BCUT2D eigenvalue weighted by atomic mass is 32.2. The van der Waals surface area contributed by atoms with Crippen LogP contribution in [0.1, 0.15) is 49.7 Å². The van der Waals surface area contributed by atoms with Gasteiger partial charge in [-0.3, -0.25) is 9.10 Å². The zero-order valence-corrected chi connectivity index (χ0v) is 26.1. The summed E-state index contributed by atoms with van der Waals surface area (Å²) in [6, 6.07) is 17.4. The molecule has 228 valence electrons. The van der Waals surface area contributed by atoms with Crippen LogP contribution in [0.5, 0.6) is 0 Å². The van der Waals surface area contributed by atoms with Crippen LogP contribution < -0.4 is 9.03 Å². The number of sulfonamides is 1. The molecule has 2 aromatic carbocycles. The van der Waals surface area contributed by atoms with Gasteiger partial charge in [0.2, 0.25) is 15.9 Å². The van der Waals surface area contributed by atoms with E-state index in [2.05, 4.69) is 22.7 Å². The zero-order valence-electron chi connectivity index (χ0n) is 24.5. The smallest absolute Gasteiger partial charge is 0.243 e. The molecule has 4 heterocycles. The van der Waals surface area contributed by atoms with Crippen LogP contribution in [0.4, 0.5) is 5.69 Å². The average Bonchev–Trinajstić information content (AvgIpc) is 3.38. The lowest BCUT2D eigenvalue weighted by atomic mass is 9.74. The van der Waals surface area contributed by atoms with Crippen molar-refractivity contribution in [3.05, 3.63) is 65.7 Å². The zero-order chi connectivity index (χ0) is 29.5. The summed E-state index contributed by atoms with van der Waals surface area (Å²) in [5.74, 6) is -0.236. The summed E-state index contributed by atoms with van der Waals surface area (Å²) in [6.45, 7) is 1.94. The summed E-state index contributed by atoms with van der Waals surface area (Å²) >= 11 is 0. The van der Waals surface area contributed by atoms with E-state index < -0.39 is 32.3 Å². The SMILES string of the molecule is CN1C2CCC1CC(S(=O)(=O)N[C@H](COCc1ccccc1)C(=O)N1CCC3(CC1)CN(S(C)=O)c1ccccc13)C2. The molecule has 0 saturated carbocycles. The van der Waals surface area contributed by atoms with E-state index >= 15 is 0 Å². The highest BCUT2D eigenvalue weighted by Gasteiger charge is 2.48. The minimum atomic E-state index is -3.73. The second kappa shape index (κ2) is 12.0. The molecule has 4 atom stereocenters. The first-order valence-electron chi connectivity index (χ1n) is 15.0. The Balaban J connectivity index is 1.16. The van der Waals surface area contributed by atoms with Crippen molar-refractivity contribution in [2.75, 3.05) is 43.8 Å². The number of amides is 1. The van der Waals surface area contributed by atoms with Crippen molar-refractivity contribution < 1.29 is 22.2 Å². The maximum atomic E-state index is 14.0. The molecule has 0 aromatic heterocycles. The molecule has 0 radical (unpaired) electrons. The van der Waals surface area contributed by atoms with Crippen molar-refractivity contribution in [3.63, 3.8) is 0 Å². The second-order valence-corrected chi connectivity index (χ2v) is 15.7. The average molecular weight is 615 g/mol. The molecule has 0 aliphatic carbocycles. The number of benzene rings is 2. The molecule has 6 rings (SSSR count). The van der Waals surface area contributed by atoms with E-state index in [1.165, 1.54) is 5.56 Å². The number of hydrogen-bond donors (Lipinski definition) is 1. The third kappa shape index (κ3) is 5.78. The minimum Gasteiger partial charge on any atom is -0.375 e. The third-order valence-corrected chi connectivity index (χ3v) is 12.8. The van der Waals surface area contributed by atoms with Gasteiger partial charge >= 0.3 is 0 Å². The maximum Gasteiger partial charge on any atom is 0.243 e. The molecule has 3 saturated heterocycles. The predicted octanol–water partition coefficient (Wildman–Crippen LogP) is 2.79. The fraction of sp³-hybridized carbons (Fsp3) is 0.581. The van der Waals surface area contributed by atoms with Gasteiger partial charge in [-0.25, -0.2) is 17.3 Å². The summed E-state index contributed by atoms with van der Waals surface area (Å²) in [5, 5.41) is -0.504. The predicted molar refractivity (Wildman–Crippen MR) is 165 cm³/mol. The minimum absolute atomic E-state index is 0.0283. The molecule has 4 aliphatic heterocycles. The third-order valence-electron chi connectivity index (χ3n) is 10.0. The summed E-state index contributed by atoms with van der Waals surface area (Å²) in [6.07, 6.45) is 6.40. The van der Waals surface area contributed by atoms with Crippen molar-refractivity contribution in [1.82, 2.24) is 14.5 Å². The van der Waals surface area contributed by atoms with E-state index in [0.717, 1.165) is 36.9 Å². The van der Waals surface area contributed by atoms with Gasteiger partial charge in [0.25, 0.3) is 0 Å². The number of carbonyl (C=O) groups is 1. The summed E-state index contributed by atoms with van der Waals surface area (Å²) in [4.78, 5) is 18.1. The van der Waals surface area contributed by atoms with Crippen molar-refractivity contribution in [1.29, 1.82) is 0 Å². The van der Waals surface area contributed by atoms with Crippen LogP contribution in [0.15, 0.2) is 54.6 Å². The number of nitrogens with zero attached hydrogens (tertiary/aromatic N) is 3. The molecule has 4 aliphatic rings. The molecule has 9 nitrogen and oxygen atoms in total. The number of hydrogen-bond acceptors (Lipinski definition) is 6. The van der Waals surface area contributed by atoms with Crippen LogP contribution >= 0.6 is 0 Å². The molecule has 1 N–H and O–H groups in total. The Morgan fingerprint density at radius 3 is 2.36 bits per heavy atom. The van der Waals surface area contributed by atoms with E-state index in [-0.39, 0.29) is 30.0 Å². The summed E-state index contributed by atoms with van der Waals surface area (Å²) < 4.78 is 50.6. The van der Waals surface area contributed by atoms with Gasteiger partial charge in [-0.2, -0.15) is 0 Å². The number of carbonyl (C=O) groups excluding carboxylic acids is 1. The number of anilines is 1. The Morgan fingerprint density at radius 2 is 1.69 bits per heavy atom. The Kier molecular flexibility index (Phi) is 8.50. The number of para-hydroxylation sites is 1. The van der Waals surface area contributed by atoms with Crippen LogP contribution in [0.2, 0.25) is 0 Å². The normalized spacial score (nSPS) is 26.8. The maximum absolute atomic E-state index is 14.0. The Bertz CT molecular complexity index is 1400. The number of piperidine rings is 2. The lowest BCUT2D eigenvalue weighted by molar-refractivity contribution is -0.136. The first kappa shape index (κ1) is 29.7. The van der Waals surface area contributed by atoms with Crippen molar-refractivity contribution in [2.24, 2.45) is 0 Å². The van der Waals surface area contributed by atoms with Crippen LogP contribution in [-0.4, -0.2) is 91.3 Å². The van der Waals surface area contributed by atoms with Gasteiger partial charge < -0.3 is 14.5 Å². The van der Waals surface area contributed by atoms with Crippen LogP contribution in [0, 0.1) is 0 Å². The van der Waals surface area contributed by atoms with Crippen molar-refractivity contribution in [2.45, 2.75) is 73.9 Å². The van der Waals surface area contributed by atoms with E-state index in [1.54, 1.807) is 11.2 Å². The fourth-order valence-corrected chi connectivity index (χ4v) is 10.1. The van der Waals surface area contributed by atoms with Gasteiger partial charge in [-0.05, 0) is 62.8 Å². The lowest BCUT2D eigenvalue weighted by Gasteiger charge is -2.41. The van der Waals surface area contributed by atoms with Gasteiger partial charge in [0, 0.05) is 43.4 Å². The topological polar surface area (TPSA) is 99.3 Å². The first-order chi connectivity index (χ1) is 20.2. The second-order valence-electron chi connectivity index (χ2n) is 12.4. The molecule has 1 spiro atoms. The monoisotopic (exact) mass is 614 g/mol. The molecular formula is C31H42N4O5S2. The largest absolute Gasteiger partial charge is 0.375 e. The molecule has 3 unspecified atom stereocenters. The van der Waals surface area contributed by atoms with Crippen molar-refractivity contribution >= 4 is 32.6 Å². The molecular weight excluding hydrogens is 572 g/mol. The van der Waals surface area contributed by atoms with Crippen LogP contribution in [0.3, 0.4) is 0 Å². The number of likely N-dealkylation sites (tertiary alicyclic amines) is 1. The van der Waals surface area contributed by atoms with Gasteiger partial charge in [-0.15, -0.1) is 0 Å². The Morgan fingerprint density at radius 1 is 1.05 bits per heavy atom. The first-order valence-corrected chi connectivity index (χ1v) is 18.1. The van der Waals surface area contributed by atoms with E-state index in [0.29, 0.717) is 39.1 Å². The fourth-order valence-electron chi connectivity index (χ4n) is 7.55. The molecule has 1 amide bonds. The van der Waals surface area contributed by atoms with Crippen LogP contribution in [0.25, 0.3) is 0 Å². The van der Waals surface area contributed by atoms with Gasteiger partial charge in [0.15, 0.2) is 0 Å². The highest BCUT2D eigenvalue weighted by Crippen LogP contribution is 2.47. The molecule has 2 aromatic rings. The summed E-state index contributed by atoms with van der Waals surface area (Å²) in [5.41, 5.74) is 2.99. The number of rotatable bonds is 9. The number of ether oxygens (including phenoxy) is 1. The van der Waals surface area contributed by atoms with E-state index in [4.69, 9.17) is 4.74 Å². The lowest BCUT2D eigenvalue weighted by Crippen LogP contribution is -2.57. The van der Waals surface area contributed by atoms with E-state index in [1.807, 2.05) is 52.8 Å². The number of nitrogens with one attached hydrogen (secondary N) is 1. The standard InChI is InChI=1S/C31H42N4O5S2/c1-33-24-12-13-25(33)19-26(18-24)42(38,39)32-28(21-40-20-23-8-4-3-5-9-23)30(36)34-16-14-31(15-17-34)22-35(41(2)37)29-11-7-6-10-27(29)31/h3-11,24-26,28,32H,12-22H2,1-2H3/t24?,25?,26?,28-,41?/m1/s1. The van der Waals surface area contributed by atoms with Gasteiger partial charge in [0.05, 0.1) is 24.2 Å². The van der Waals surface area contributed by atoms with Crippen molar-refractivity contribution in [3.8, 4) is 0 Å². The number of fused-ring (bicyclic) bond motifs is 4. The van der Waals surface area contributed by atoms with Gasteiger partial charge in [0.1, 0.15) is 17.0 Å². The molecule has 42 heavy (non-hydrogen) atoms. The highest BCUT2D eigenvalue weighted by molar-refractivity contribution is 7.90. The Labute approximate surface area is 252 Å². The van der Waals surface area contributed by atoms with Gasteiger partial charge in [-0.1, -0.05) is 48.5 Å².